The van der Waals surface area contributed by atoms with Crippen molar-refractivity contribution in [3.63, 3.8) is 0 Å². The molecule has 1 aliphatic rings. The van der Waals surface area contributed by atoms with Gasteiger partial charge in [0.1, 0.15) is 0 Å². The van der Waals surface area contributed by atoms with Gasteiger partial charge in [0.25, 0.3) is 5.91 Å². The van der Waals surface area contributed by atoms with E-state index in [0.29, 0.717) is 11.5 Å². The zero-order chi connectivity index (χ0) is 14.4. The van der Waals surface area contributed by atoms with Crippen LogP contribution in [-0.4, -0.2) is 37.6 Å². The Hall–Kier alpha value is -1.97. The minimum absolute atomic E-state index is 0.0414. The van der Waals surface area contributed by atoms with Crippen molar-refractivity contribution < 1.29 is 14.3 Å². The number of hydrogen-bond acceptors (Lipinski definition) is 3. The Kier molecular flexibility index (Phi) is 5.04. The summed E-state index contributed by atoms with van der Waals surface area (Å²) >= 11 is 0. The highest BCUT2D eigenvalue weighted by Gasteiger charge is 2.18. The van der Waals surface area contributed by atoms with E-state index in [4.69, 9.17) is 9.47 Å². The van der Waals surface area contributed by atoms with E-state index < -0.39 is 0 Å². The topological polar surface area (TPSA) is 38.8 Å². The maximum absolute atomic E-state index is 11.9. The highest BCUT2D eigenvalue weighted by atomic mass is 16.5. The van der Waals surface area contributed by atoms with Crippen LogP contribution < -0.4 is 9.47 Å². The monoisotopic (exact) mass is 275 g/mol. The number of amides is 1. The maximum Gasteiger partial charge on any atom is 0.260 e. The number of carbonyl (C=O) groups excluding carboxylic acids is 1. The van der Waals surface area contributed by atoms with Gasteiger partial charge in [-0.25, -0.2) is 0 Å². The van der Waals surface area contributed by atoms with Crippen molar-refractivity contribution in [1.82, 2.24) is 4.90 Å². The molecule has 0 saturated carbocycles. The number of hydrogen-bond donors (Lipinski definition) is 0. The number of nitrogens with zero attached hydrogens (tertiary/aromatic N) is 1. The van der Waals surface area contributed by atoms with Crippen LogP contribution in [0.3, 0.4) is 0 Å². The summed E-state index contributed by atoms with van der Waals surface area (Å²) < 4.78 is 10.9. The number of benzene rings is 1. The molecule has 1 amide bonds. The third-order valence-corrected chi connectivity index (χ3v) is 3.42. The van der Waals surface area contributed by atoms with E-state index >= 15 is 0 Å². The van der Waals surface area contributed by atoms with Crippen LogP contribution in [0.4, 0.5) is 0 Å². The molecule has 1 aromatic carbocycles. The van der Waals surface area contributed by atoms with Gasteiger partial charge in [-0.2, -0.15) is 0 Å². The molecular formula is C16H21NO3. The van der Waals surface area contributed by atoms with E-state index in [0.717, 1.165) is 37.9 Å². The van der Waals surface area contributed by atoms with Gasteiger partial charge in [0, 0.05) is 13.1 Å². The van der Waals surface area contributed by atoms with Crippen LogP contribution in [0.2, 0.25) is 0 Å². The SMILES string of the molecule is C=CCc1ccc(OCC(=O)N2CCCC2)c(OC)c1. The van der Waals surface area contributed by atoms with Crippen molar-refractivity contribution in [2.75, 3.05) is 26.8 Å². The first kappa shape index (κ1) is 14.4. The highest BCUT2D eigenvalue weighted by Crippen LogP contribution is 2.28. The summed E-state index contributed by atoms with van der Waals surface area (Å²) in [5, 5.41) is 0. The lowest BCUT2D eigenvalue weighted by molar-refractivity contribution is -0.132. The van der Waals surface area contributed by atoms with Crippen molar-refractivity contribution >= 4 is 5.91 Å². The maximum atomic E-state index is 11.9. The molecule has 0 aliphatic carbocycles. The molecule has 0 atom stereocenters. The van der Waals surface area contributed by atoms with Gasteiger partial charge in [0.2, 0.25) is 0 Å². The third kappa shape index (κ3) is 3.53. The van der Waals surface area contributed by atoms with Crippen LogP contribution in [-0.2, 0) is 11.2 Å². The molecular weight excluding hydrogens is 254 g/mol. The summed E-state index contributed by atoms with van der Waals surface area (Å²) in [4.78, 5) is 13.8. The smallest absolute Gasteiger partial charge is 0.260 e. The van der Waals surface area contributed by atoms with Crippen LogP contribution in [0.5, 0.6) is 11.5 Å². The van der Waals surface area contributed by atoms with Crippen LogP contribution in [0, 0.1) is 0 Å². The predicted molar refractivity (Wildman–Crippen MR) is 78.2 cm³/mol. The van der Waals surface area contributed by atoms with E-state index in [9.17, 15) is 4.79 Å². The molecule has 1 aliphatic heterocycles. The third-order valence-electron chi connectivity index (χ3n) is 3.42. The quantitative estimate of drug-likeness (QED) is 0.748. The molecule has 1 fully saturated rings. The van der Waals surface area contributed by atoms with Gasteiger partial charge >= 0.3 is 0 Å². The minimum atomic E-state index is 0.0414. The van der Waals surface area contributed by atoms with Crippen LogP contribution in [0.1, 0.15) is 18.4 Å². The standard InChI is InChI=1S/C16H21NO3/c1-3-6-13-7-8-14(15(11-13)19-2)20-12-16(18)17-9-4-5-10-17/h3,7-8,11H,1,4-6,9-10,12H2,2H3. The summed E-state index contributed by atoms with van der Waals surface area (Å²) in [5.74, 6) is 1.30. The van der Waals surface area contributed by atoms with Crippen molar-refractivity contribution in [1.29, 1.82) is 0 Å². The van der Waals surface area contributed by atoms with E-state index in [1.807, 2.05) is 29.2 Å². The van der Waals surface area contributed by atoms with E-state index in [1.54, 1.807) is 7.11 Å². The molecule has 1 saturated heterocycles. The summed E-state index contributed by atoms with van der Waals surface area (Å²) in [6.45, 7) is 5.47. The molecule has 0 bridgehead atoms. The molecule has 2 rings (SSSR count). The molecule has 0 N–H and O–H groups in total. The Labute approximate surface area is 120 Å². The van der Waals surface area contributed by atoms with Crippen LogP contribution in [0.15, 0.2) is 30.9 Å². The van der Waals surface area contributed by atoms with Gasteiger partial charge in [-0.05, 0) is 37.0 Å². The Bertz CT molecular complexity index is 479. The fourth-order valence-electron chi connectivity index (χ4n) is 2.32. The largest absolute Gasteiger partial charge is 0.493 e. The second kappa shape index (κ2) is 6.98. The number of allylic oxidation sites excluding steroid dienone is 1. The average molecular weight is 275 g/mol. The fraction of sp³-hybridized carbons (Fsp3) is 0.438. The molecule has 20 heavy (non-hydrogen) atoms. The van der Waals surface area contributed by atoms with Gasteiger partial charge in [0.15, 0.2) is 18.1 Å². The number of carbonyl (C=O) groups is 1. The summed E-state index contributed by atoms with van der Waals surface area (Å²) in [5.41, 5.74) is 1.11. The molecule has 0 spiro atoms. The molecule has 0 unspecified atom stereocenters. The molecule has 1 aromatic rings. The van der Waals surface area contributed by atoms with Crippen molar-refractivity contribution in [3.8, 4) is 11.5 Å². The zero-order valence-electron chi connectivity index (χ0n) is 11.9. The number of methoxy groups -OCH3 is 1. The molecule has 108 valence electrons. The van der Waals surface area contributed by atoms with Gasteiger partial charge in [-0.15, -0.1) is 6.58 Å². The van der Waals surface area contributed by atoms with E-state index in [1.165, 1.54) is 0 Å². The van der Waals surface area contributed by atoms with E-state index in [-0.39, 0.29) is 12.5 Å². The van der Waals surface area contributed by atoms with Crippen molar-refractivity contribution in [2.45, 2.75) is 19.3 Å². The van der Waals surface area contributed by atoms with Gasteiger partial charge < -0.3 is 14.4 Å². The van der Waals surface area contributed by atoms with Gasteiger partial charge in [-0.3, -0.25) is 4.79 Å². The van der Waals surface area contributed by atoms with Gasteiger partial charge in [0.05, 0.1) is 7.11 Å². The number of likely N-dealkylation sites (tertiary alicyclic amines) is 1. The lowest BCUT2D eigenvalue weighted by Crippen LogP contribution is -2.32. The Morgan fingerprint density at radius 3 is 2.75 bits per heavy atom. The zero-order valence-corrected chi connectivity index (χ0v) is 11.9. The lowest BCUT2D eigenvalue weighted by Gasteiger charge is -2.16. The second-order valence-corrected chi connectivity index (χ2v) is 4.85. The Morgan fingerprint density at radius 2 is 2.10 bits per heavy atom. The Morgan fingerprint density at radius 1 is 1.35 bits per heavy atom. The highest BCUT2D eigenvalue weighted by molar-refractivity contribution is 5.78. The number of ether oxygens (including phenoxy) is 2. The summed E-state index contributed by atoms with van der Waals surface area (Å²) in [6.07, 6.45) is 4.80. The van der Waals surface area contributed by atoms with Gasteiger partial charge in [-0.1, -0.05) is 12.1 Å². The first-order valence-electron chi connectivity index (χ1n) is 6.93. The predicted octanol–water partition coefficient (Wildman–Crippen LogP) is 2.42. The molecule has 0 aromatic heterocycles. The normalized spacial score (nSPS) is 14.2. The molecule has 0 radical (unpaired) electrons. The Balaban J connectivity index is 1.97. The molecule has 4 nitrogen and oxygen atoms in total. The average Bonchev–Trinajstić information content (AvgIpc) is 3.00. The minimum Gasteiger partial charge on any atom is -0.493 e. The molecule has 1 heterocycles. The van der Waals surface area contributed by atoms with E-state index in [2.05, 4.69) is 6.58 Å². The van der Waals surface area contributed by atoms with Crippen LogP contribution in [0.25, 0.3) is 0 Å². The molecule has 4 heteroatoms. The summed E-state index contributed by atoms with van der Waals surface area (Å²) in [6, 6.07) is 5.71. The van der Waals surface area contributed by atoms with Crippen molar-refractivity contribution in [2.24, 2.45) is 0 Å². The van der Waals surface area contributed by atoms with Crippen molar-refractivity contribution in [3.05, 3.63) is 36.4 Å². The second-order valence-electron chi connectivity index (χ2n) is 4.85. The first-order chi connectivity index (χ1) is 9.74. The van der Waals surface area contributed by atoms with Crippen LogP contribution >= 0.6 is 0 Å². The number of rotatable bonds is 6. The first-order valence-corrected chi connectivity index (χ1v) is 6.93. The fourth-order valence-corrected chi connectivity index (χ4v) is 2.32. The lowest BCUT2D eigenvalue weighted by atomic mass is 10.1. The summed E-state index contributed by atoms with van der Waals surface area (Å²) in [7, 11) is 1.60.